The standard InChI is InChI=1S/C41H27N7/c1-2-7-26(8-3-1)38-30-12-14-32(45-30)39(27-9-4-20-42-23-27)34-16-18-36(47-34)41(29-11-6-22-44-25-29)37-19-17-35(48-37)40(28-10-5-21-43-24-28)33-15-13-31(38)46-33/h1-25,45,48H. The van der Waals surface area contributed by atoms with Crippen molar-refractivity contribution in [2.75, 3.05) is 0 Å². The van der Waals surface area contributed by atoms with Crippen molar-refractivity contribution in [1.29, 1.82) is 0 Å². The van der Waals surface area contributed by atoms with Gasteiger partial charge in [-0.15, -0.1) is 0 Å². The van der Waals surface area contributed by atoms with Crippen molar-refractivity contribution in [3.8, 4) is 44.5 Å². The molecule has 0 saturated heterocycles. The van der Waals surface area contributed by atoms with Gasteiger partial charge in [0.2, 0.25) is 0 Å². The Bertz CT molecular complexity index is 2180. The lowest BCUT2D eigenvalue weighted by Crippen LogP contribution is -1.90. The van der Waals surface area contributed by atoms with Gasteiger partial charge in [-0.25, -0.2) is 9.97 Å². The highest BCUT2D eigenvalue weighted by atomic mass is 14.8. The number of H-pyrrole nitrogens is 2. The van der Waals surface area contributed by atoms with Gasteiger partial charge >= 0.3 is 0 Å². The van der Waals surface area contributed by atoms with E-state index in [1.54, 1.807) is 18.6 Å². The number of aromatic amines is 2. The molecule has 0 spiro atoms. The molecular weight excluding hydrogens is 591 g/mol. The molecule has 48 heavy (non-hydrogen) atoms. The van der Waals surface area contributed by atoms with Gasteiger partial charge in [0.15, 0.2) is 0 Å². The van der Waals surface area contributed by atoms with E-state index in [9.17, 15) is 0 Å². The van der Waals surface area contributed by atoms with Gasteiger partial charge in [0.25, 0.3) is 0 Å². The largest absolute Gasteiger partial charge is 0.354 e. The van der Waals surface area contributed by atoms with Crippen LogP contribution in [0, 0.1) is 0 Å². The van der Waals surface area contributed by atoms with E-state index >= 15 is 0 Å². The van der Waals surface area contributed by atoms with E-state index < -0.39 is 0 Å². The molecule has 0 aliphatic carbocycles. The maximum Gasteiger partial charge on any atom is 0.0737 e. The quantitative estimate of drug-likeness (QED) is 0.205. The first-order chi connectivity index (χ1) is 23.8. The van der Waals surface area contributed by atoms with E-state index in [1.165, 1.54) is 0 Å². The van der Waals surface area contributed by atoms with E-state index in [-0.39, 0.29) is 0 Å². The molecule has 2 aliphatic rings. The van der Waals surface area contributed by atoms with Crippen molar-refractivity contribution in [2.24, 2.45) is 0 Å². The molecule has 0 amide bonds. The number of benzene rings is 1. The molecule has 6 aromatic heterocycles. The molecule has 7 nitrogen and oxygen atoms in total. The zero-order valence-electron chi connectivity index (χ0n) is 25.7. The van der Waals surface area contributed by atoms with Crippen LogP contribution in [0.4, 0.5) is 0 Å². The SMILES string of the molecule is C1=Cc2nc1c(-c1ccccc1)c1ccc([nH]1)c(-c1cccnc1)c1nc(c(-c3cccnc3)c3ccc([nH]3)c2-c2cccnc2)C=C1. The Morgan fingerprint density at radius 1 is 0.333 bits per heavy atom. The fraction of sp³-hybridized carbons (Fsp3) is 0. The van der Waals surface area contributed by atoms with Gasteiger partial charge in [-0.1, -0.05) is 48.5 Å². The number of nitrogens with one attached hydrogen (secondary N) is 2. The second kappa shape index (κ2) is 11.6. The second-order valence-electron chi connectivity index (χ2n) is 11.6. The van der Waals surface area contributed by atoms with Gasteiger partial charge in [0.1, 0.15) is 0 Å². The number of pyridine rings is 3. The van der Waals surface area contributed by atoms with E-state index in [4.69, 9.17) is 9.97 Å². The first-order valence-corrected chi connectivity index (χ1v) is 15.7. The Labute approximate surface area is 276 Å². The molecule has 9 rings (SSSR count). The third-order valence-electron chi connectivity index (χ3n) is 8.67. The predicted octanol–water partition coefficient (Wildman–Crippen LogP) is 9.51. The summed E-state index contributed by atoms with van der Waals surface area (Å²) in [5.41, 5.74) is 14.9. The minimum absolute atomic E-state index is 0.833. The van der Waals surface area contributed by atoms with Crippen LogP contribution in [-0.4, -0.2) is 34.9 Å². The fourth-order valence-electron chi connectivity index (χ4n) is 6.56. The Morgan fingerprint density at radius 3 is 1.00 bits per heavy atom. The lowest BCUT2D eigenvalue weighted by atomic mass is 10.0. The normalized spacial score (nSPS) is 12.0. The van der Waals surface area contributed by atoms with E-state index in [2.05, 4.69) is 116 Å². The molecule has 0 unspecified atom stereocenters. The summed E-state index contributed by atoms with van der Waals surface area (Å²) in [6, 6.07) is 30.9. The summed E-state index contributed by atoms with van der Waals surface area (Å²) in [4.78, 5) is 31.5. The van der Waals surface area contributed by atoms with Crippen molar-refractivity contribution in [3.05, 3.63) is 151 Å². The molecule has 0 radical (unpaired) electrons. The molecule has 0 atom stereocenters. The van der Waals surface area contributed by atoms with Crippen LogP contribution < -0.4 is 0 Å². The molecule has 8 heterocycles. The predicted molar refractivity (Wildman–Crippen MR) is 194 cm³/mol. The van der Waals surface area contributed by atoms with Gasteiger partial charge in [-0.3, -0.25) is 15.0 Å². The molecule has 7 heteroatoms. The van der Waals surface area contributed by atoms with Crippen molar-refractivity contribution in [3.63, 3.8) is 0 Å². The average molecular weight is 618 g/mol. The third kappa shape index (κ3) is 4.82. The van der Waals surface area contributed by atoms with Crippen LogP contribution in [0.2, 0.25) is 0 Å². The van der Waals surface area contributed by atoms with E-state index in [0.717, 1.165) is 89.4 Å². The van der Waals surface area contributed by atoms with E-state index in [0.29, 0.717) is 0 Å². The molecule has 0 saturated carbocycles. The number of hydrogen-bond acceptors (Lipinski definition) is 5. The number of nitrogens with zero attached hydrogens (tertiary/aromatic N) is 5. The van der Waals surface area contributed by atoms with Crippen LogP contribution in [0.5, 0.6) is 0 Å². The lowest BCUT2D eigenvalue weighted by Gasteiger charge is -2.06. The van der Waals surface area contributed by atoms with Crippen molar-refractivity contribution < 1.29 is 0 Å². The molecular formula is C41H27N7. The highest BCUT2D eigenvalue weighted by Crippen LogP contribution is 2.37. The van der Waals surface area contributed by atoms with Crippen LogP contribution >= 0.6 is 0 Å². The first kappa shape index (κ1) is 27.6. The summed E-state index contributed by atoms with van der Waals surface area (Å²) in [6.45, 7) is 0. The second-order valence-corrected chi connectivity index (χ2v) is 11.6. The maximum absolute atomic E-state index is 5.30. The van der Waals surface area contributed by atoms with Crippen molar-refractivity contribution in [1.82, 2.24) is 34.9 Å². The average Bonchev–Trinajstić information content (AvgIpc) is 3.98. The summed E-state index contributed by atoms with van der Waals surface area (Å²) in [5.74, 6) is 0. The zero-order chi connectivity index (χ0) is 31.9. The Balaban J connectivity index is 1.49. The van der Waals surface area contributed by atoms with Crippen LogP contribution in [0.25, 0.3) is 90.9 Å². The van der Waals surface area contributed by atoms with Crippen molar-refractivity contribution in [2.45, 2.75) is 0 Å². The highest BCUT2D eigenvalue weighted by Gasteiger charge is 2.18. The minimum Gasteiger partial charge on any atom is -0.354 e. The molecule has 2 N–H and O–H groups in total. The molecule has 7 aromatic rings. The molecule has 226 valence electrons. The van der Waals surface area contributed by atoms with Gasteiger partial charge < -0.3 is 9.97 Å². The zero-order valence-corrected chi connectivity index (χ0v) is 25.7. The molecule has 1 aromatic carbocycles. The topological polar surface area (TPSA) is 96.0 Å². The van der Waals surface area contributed by atoms with Crippen LogP contribution in [-0.2, 0) is 0 Å². The minimum atomic E-state index is 0.833. The summed E-state index contributed by atoms with van der Waals surface area (Å²) < 4.78 is 0. The molecule has 0 fully saturated rings. The van der Waals surface area contributed by atoms with Crippen LogP contribution in [0.15, 0.2) is 128 Å². The lowest BCUT2D eigenvalue weighted by molar-refractivity contribution is 1.28. The fourth-order valence-corrected chi connectivity index (χ4v) is 6.56. The number of fused-ring (bicyclic) bond motifs is 8. The summed E-state index contributed by atoms with van der Waals surface area (Å²) in [5, 5.41) is 0. The molecule has 8 bridgehead atoms. The maximum atomic E-state index is 5.30. The Kier molecular flexibility index (Phi) is 6.64. The first-order valence-electron chi connectivity index (χ1n) is 15.7. The van der Waals surface area contributed by atoms with Crippen LogP contribution in [0.3, 0.4) is 0 Å². The Morgan fingerprint density at radius 2 is 0.667 bits per heavy atom. The van der Waals surface area contributed by atoms with E-state index in [1.807, 2.05) is 42.9 Å². The highest BCUT2D eigenvalue weighted by molar-refractivity contribution is 5.99. The number of hydrogen-bond donors (Lipinski definition) is 2. The monoisotopic (exact) mass is 617 g/mol. The van der Waals surface area contributed by atoms with Gasteiger partial charge in [0.05, 0.1) is 22.8 Å². The Hall–Kier alpha value is -6.73. The van der Waals surface area contributed by atoms with Gasteiger partial charge in [-0.2, -0.15) is 0 Å². The number of rotatable bonds is 4. The number of aromatic nitrogens is 7. The van der Waals surface area contributed by atoms with Gasteiger partial charge in [-0.05, 0) is 72.3 Å². The third-order valence-corrected chi connectivity index (χ3v) is 8.67. The van der Waals surface area contributed by atoms with Crippen molar-refractivity contribution >= 4 is 46.4 Å². The summed E-state index contributed by atoms with van der Waals surface area (Å²) in [7, 11) is 0. The van der Waals surface area contributed by atoms with Gasteiger partial charge in [0, 0.05) is 98.2 Å². The molecule has 2 aliphatic heterocycles. The summed E-state index contributed by atoms with van der Waals surface area (Å²) in [6.07, 6.45) is 19.4. The smallest absolute Gasteiger partial charge is 0.0737 e. The van der Waals surface area contributed by atoms with Crippen LogP contribution in [0.1, 0.15) is 22.8 Å². The summed E-state index contributed by atoms with van der Waals surface area (Å²) >= 11 is 0.